The Morgan fingerprint density at radius 1 is 0.875 bits per heavy atom. The van der Waals surface area contributed by atoms with E-state index in [-0.39, 0.29) is 11.1 Å². The first kappa shape index (κ1) is 13.2. The molecule has 0 radical (unpaired) electrons. The Kier molecular flexibility index (Phi) is 4.49. The molecule has 0 bridgehead atoms. The van der Waals surface area contributed by atoms with Crippen LogP contribution < -0.4 is 9.47 Å². The second-order valence-electron chi connectivity index (χ2n) is 2.76. The van der Waals surface area contributed by atoms with Crippen molar-refractivity contribution in [3.8, 4) is 11.5 Å². The lowest BCUT2D eigenvalue weighted by Crippen LogP contribution is -2.01. The minimum Gasteiger partial charge on any atom is -0.495 e. The number of methoxy groups -OCH3 is 2. The molecule has 4 nitrogen and oxygen atoms in total. The van der Waals surface area contributed by atoms with Crippen LogP contribution in [0.3, 0.4) is 0 Å². The number of hydrogen-bond acceptors (Lipinski definition) is 4. The molecular weight excluding hydrogens is 344 g/mol. The molecule has 0 aliphatic rings. The third-order valence-corrected chi connectivity index (χ3v) is 3.58. The predicted octanol–water partition coefficient (Wildman–Crippen LogP) is 2.85. The molecule has 0 aromatic heterocycles. The van der Waals surface area contributed by atoms with Crippen molar-refractivity contribution < 1.29 is 19.1 Å². The SMILES string of the molecule is COc1c(Br)c(C=O)c(OC)c(Br)c1C=O. The summed E-state index contributed by atoms with van der Waals surface area (Å²) < 4.78 is 10.9. The molecule has 0 unspecified atom stereocenters. The highest BCUT2D eigenvalue weighted by Crippen LogP contribution is 2.43. The molecule has 0 saturated heterocycles. The fraction of sp³-hybridized carbons (Fsp3) is 0.200. The second-order valence-corrected chi connectivity index (χ2v) is 4.34. The number of carbonyl (C=O) groups excluding carboxylic acids is 2. The third kappa shape index (κ3) is 1.99. The van der Waals surface area contributed by atoms with E-state index in [1.165, 1.54) is 14.2 Å². The molecular formula is C10H8Br2O4. The average Bonchev–Trinajstić information content (AvgIpc) is 2.30. The maximum atomic E-state index is 11.0. The first-order valence-electron chi connectivity index (χ1n) is 4.15. The molecule has 0 amide bonds. The zero-order valence-electron chi connectivity index (χ0n) is 8.54. The van der Waals surface area contributed by atoms with Gasteiger partial charge in [0.25, 0.3) is 0 Å². The van der Waals surface area contributed by atoms with Gasteiger partial charge in [0.15, 0.2) is 12.6 Å². The summed E-state index contributed by atoms with van der Waals surface area (Å²) in [6, 6.07) is 0. The van der Waals surface area contributed by atoms with Crippen LogP contribution in [0.1, 0.15) is 20.7 Å². The summed E-state index contributed by atoms with van der Waals surface area (Å²) in [4.78, 5) is 21.9. The van der Waals surface area contributed by atoms with E-state index in [9.17, 15) is 9.59 Å². The fourth-order valence-electron chi connectivity index (χ4n) is 1.29. The van der Waals surface area contributed by atoms with Crippen LogP contribution in [-0.2, 0) is 0 Å². The summed E-state index contributed by atoms with van der Waals surface area (Å²) in [7, 11) is 2.83. The quantitative estimate of drug-likeness (QED) is 0.783. The average molecular weight is 352 g/mol. The van der Waals surface area contributed by atoms with Gasteiger partial charge in [-0.1, -0.05) is 0 Å². The van der Waals surface area contributed by atoms with Crippen LogP contribution in [0, 0.1) is 0 Å². The standard InChI is InChI=1S/C10H8Br2O4/c1-15-9-5(3-13)8(12)10(16-2)6(4-14)7(9)11/h3-4H,1-2H3. The van der Waals surface area contributed by atoms with Crippen molar-refractivity contribution in [2.75, 3.05) is 14.2 Å². The lowest BCUT2D eigenvalue weighted by Gasteiger charge is -2.14. The summed E-state index contributed by atoms with van der Waals surface area (Å²) >= 11 is 6.41. The lowest BCUT2D eigenvalue weighted by atomic mass is 10.1. The van der Waals surface area contributed by atoms with Crippen molar-refractivity contribution >= 4 is 44.4 Å². The number of benzene rings is 1. The Bertz CT molecular complexity index is 401. The molecule has 6 heteroatoms. The van der Waals surface area contributed by atoms with Crippen LogP contribution in [0.15, 0.2) is 8.95 Å². The van der Waals surface area contributed by atoms with Gasteiger partial charge < -0.3 is 9.47 Å². The van der Waals surface area contributed by atoms with Crippen LogP contribution >= 0.6 is 31.9 Å². The van der Waals surface area contributed by atoms with Gasteiger partial charge in [-0.05, 0) is 31.9 Å². The van der Waals surface area contributed by atoms with Crippen molar-refractivity contribution in [3.05, 3.63) is 20.1 Å². The van der Waals surface area contributed by atoms with Crippen LogP contribution in [0.4, 0.5) is 0 Å². The zero-order chi connectivity index (χ0) is 12.3. The summed E-state index contributed by atoms with van der Waals surface area (Å²) in [5, 5.41) is 0. The summed E-state index contributed by atoms with van der Waals surface area (Å²) in [5.74, 6) is 0.592. The Morgan fingerprint density at radius 2 is 1.19 bits per heavy atom. The van der Waals surface area contributed by atoms with Crippen LogP contribution in [0.2, 0.25) is 0 Å². The normalized spacial score (nSPS) is 9.75. The van der Waals surface area contributed by atoms with Gasteiger partial charge in [-0.3, -0.25) is 9.59 Å². The molecule has 1 aromatic carbocycles. The topological polar surface area (TPSA) is 52.6 Å². The van der Waals surface area contributed by atoms with E-state index >= 15 is 0 Å². The van der Waals surface area contributed by atoms with Crippen molar-refractivity contribution in [3.63, 3.8) is 0 Å². The van der Waals surface area contributed by atoms with Gasteiger partial charge in [-0.15, -0.1) is 0 Å². The molecule has 16 heavy (non-hydrogen) atoms. The van der Waals surface area contributed by atoms with Gasteiger partial charge in [0.05, 0.1) is 34.3 Å². The number of ether oxygens (including phenoxy) is 2. The van der Waals surface area contributed by atoms with Crippen molar-refractivity contribution in [2.24, 2.45) is 0 Å². The smallest absolute Gasteiger partial charge is 0.155 e. The molecule has 1 rings (SSSR count). The number of aldehydes is 2. The van der Waals surface area contributed by atoms with E-state index in [1.54, 1.807) is 0 Å². The van der Waals surface area contributed by atoms with Crippen molar-refractivity contribution in [1.82, 2.24) is 0 Å². The van der Waals surface area contributed by atoms with Crippen LogP contribution in [-0.4, -0.2) is 26.8 Å². The predicted molar refractivity (Wildman–Crippen MR) is 65.7 cm³/mol. The first-order chi connectivity index (χ1) is 7.62. The molecule has 0 fully saturated rings. The van der Waals surface area contributed by atoms with Gasteiger partial charge in [-0.2, -0.15) is 0 Å². The van der Waals surface area contributed by atoms with E-state index in [4.69, 9.17) is 9.47 Å². The minimum atomic E-state index is 0.289. The largest absolute Gasteiger partial charge is 0.495 e. The molecule has 0 aliphatic heterocycles. The summed E-state index contributed by atoms with van der Waals surface area (Å²) in [5.41, 5.74) is 0.577. The second kappa shape index (κ2) is 5.45. The van der Waals surface area contributed by atoms with E-state index in [1.807, 2.05) is 0 Å². The van der Waals surface area contributed by atoms with Crippen molar-refractivity contribution in [1.29, 1.82) is 0 Å². The monoisotopic (exact) mass is 350 g/mol. The molecule has 0 saturated carbocycles. The Labute approximate surface area is 109 Å². The number of carbonyl (C=O) groups is 2. The van der Waals surface area contributed by atoms with Gasteiger partial charge >= 0.3 is 0 Å². The lowest BCUT2D eigenvalue weighted by molar-refractivity contribution is 0.110. The van der Waals surface area contributed by atoms with Crippen molar-refractivity contribution in [2.45, 2.75) is 0 Å². The van der Waals surface area contributed by atoms with E-state index in [0.717, 1.165) is 0 Å². The molecule has 0 spiro atoms. The van der Waals surface area contributed by atoms with E-state index < -0.39 is 0 Å². The van der Waals surface area contributed by atoms with Crippen LogP contribution in [0.25, 0.3) is 0 Å². The highest BCUT2D eigenvalue weighted by atomic mass is 79.9. The van der Waals surface area contributed by atoms with Gasteiger partial charge in [-0.25, -0.2) is 0 Å². The Morgan fingerprint density at radius 3 is 1.38 bits per heavy atom. The fourth-order valence-corrected chi connectivity index (χ4v) is 2.59. The molecule has 0 heterocycles. The maximum absolute atomic E-state index is 11.0. The molecule has 0 aliphatic carbocycles. The van der Waals surface area contributed by atoms with Gasteiger partial charge in [0, 0.05) is 0 Å². The van der Waals surface area contributed by atoms with Crippen LogP contribution in [0.5, 0.6) is 11.5 Å². The third-order valence-electron chi connectivity index (χ3n) is 2.00. The molecule has 0 atom stereocenters. The number of hydrogen-bond donors (Lipinski definition) is 0. The zero-order valence-corrected chi connectivity index (χ0v) is 11.7. The van der Waals surface area contributed by atoms with E-state index in [2.05, 4.69) is 31.9 Å². The molecule has 0 N–H and O–H groups in total. The van der Waals surface area contributed by atoms with E-state index in [0.29, 0.717) is 33.0 Å². The first-order valence-corrected chi connectivity index (χ1v) is 5.74. The summed E-state index contributed by atoms with van der Waals surface area (Å²) in [6.07, 6.45) is 1.26. The highest BCUT2D eigenvalue weighted by molar-refractivity contribution is 9.11. The Balaban J connectivity index is 3.73. The van der Waals surface area contributed by atoms with Gasteiger partial charge in [0.1, 0.15) is 11.5 Å². The minimum absolute atomic E-state index is 0.289. The van der Waals surface area contributed by atoms with Gasteiger partial charge in [0.2, 0.25) is 0 Å². The summed E-state index contributed by atoms with van der Waals surface area (Å²) in [6.45, 7) is 0. The highest BCUT2D eigenvalue weighted by Gasteiger charge is 2.22. The maximum Gasteiger partial charge on any atom is 0.155 e. The molecule has 86 valence electrons. The number of halogens is 2. The molecule has 1 aromatic rings. The number of rotatable bonds is 4. The Hall–Kier alpha value is -0.880.